The lowest BCUT2D eigenvalue weighted by Gasteiger charge is -2.32. The largest absolute Gasteiger partial charge is 0.377 e. The monoisotopic (exact) mass is 277 g/mol. The van der Waals surface area contributed by atoms with Crippen molar-refractivity contribution in [2.75, 3.05) is 0 Å². The summed E-state index contributed by atoms with van der Waals surface area (Å²) < 4.78 is 0. The highest BCUT2D eigenvalue weighted by Crippen LogP contribution is 2.32. The number of nitrogens with one attached hydrogen (secondary N) is 1. The van der Waals surface area contributed by atoms with Crippen molar-refractivity contribution in [2.24, 2.45) is 5.92 Å². The van der Waals surface area contributed by atoms with Gasteiger partial charge in [0.25, 0.3) is 0 Å². The van der Waals surface area contributed by atoms with Crippen molar-refractivity contribution in [3.05, 3.63) is 77.9 Å². The van der Waals surface area contributed by atoms with Crippen molar-refractivity contribution >= 4 is 11.5 Å². The molecule has 0 bridgehead atoms. The molecule has 0 saturated heterocycles. The topological polar surface area (TPSA) is 29.1 Å². The van der Waals surface area contributed by atoms with Crippen LogP contribution in [0, 0.1) is 5.92 Å². The predicted octanol–water partition coefficient (Wildman–Crippen LogP) is 3.97. The maximum atomic E-state index is 12.5. The molecule has 1 N–H and O–H groups in total. The van der Waals surface area contributed by atoms with Crippen molar-refractivity contribution in [2.45, 2.75) is 19.4 Å². The molecule has 21 heavy (non-hydrogen) atoms. The molecule has 0 saturated carbocycles. The zero-order chi connectivity index (χ0) is 14.7. The molecule has 2 atom stereocenters. The number of carbonyl (C=O) groups is 1. The zero-order valence-corrected chi connectivity index (χ0v) is 12.1. The van der Waals surface area contributed by atoms with Crippen molar-refractivity contribution < 1.29 is 4.79 Å². The molecule has 1 heterocycles. The van der Waals surface area contributed by atoms with Crippen molar-refractivity contribution in [3.63, 3.8) is 0 Å². The Morgan fingerprint density at radius 1 is 0.952 bits per heavy atom. The summed E-state index contributed by atoms with van der Waals surface area (Å²) in [4.78, 5) is 12.5. The first-order chi connectivity index (χ1) is 10.3. The van der Waals surface area contributed by atoms with Crippen LogP contribution in [0.25, 0.3) is 5.70 Å². The molecule has 0 aliphatic carbocycles. The summed E-state index contributed by atoms with van der Waals surface area (Å²) in [6.07, 6.45) is 2.59. The average molecular weight is 277 g/mol. The molecule has 2 heteroatoms. The second-order valence-electron chi connectivity index (χ2n) is 5.37. The van der Waals surface area contributed by atoms with E-state index in [2.05, 4.69) is 24.4 Å². The Morgan fingerprint density at radius 3 is 2.19 bits per heavy atom. The van der Waals surface area contributed by atoms with Crippen LogP contribution in [-0.4, -0.2) is 5.78 Å². The third kappa shape index (κ3) is 2.75. The van der Waals surface area contributed by atoms with Gasteiger partial charge in [0.2, 0.25) is 0 Å². The molecule has 0 radical (unpaired) electrons. The Balaban J connectivity index is 1.98. The van der Waals surface area contributed by atoms with Crippen LogP contribution in [0.5, 0.6) is 0 Å². The summed E-state index contributed by atoms with van der Waals surface area (Å²) in [7, 11) is 0. The first-order valence-electron chi connectivity index (χ1n) is 7.42. The average Bonchev–Trinajstić information content (AvgIpc) is 2.55. The molecule has 1 aliphatic rings. The van der Waals surface area contributed by atoms with Crippen molar-refractivity contribution in [1.82, 2.24) is 5.32 Å². The number of hydrogen-bond acceptors (Lipinski definition) is 2. The Labute approximate surface area is 125 Å². The van der Waals surface area contributed by atoms with Gasteiger partial charge in [-0.05, 0) is 17.5 Å². The van der Waals surface area contributed by atoms with Crippen molar-refractivity contribution in [3.8, 4) is 0 Å². The normalized spacial score (nSPS) is 21.6. The molecule has 2 unspecified atom stereocenters. The lowest BCUT2D eigenvalue weighted by Crippen LogP contribution is -2.35. The van der Waals surface area contributed by atoms with Crippen LogP contribution in [0.3, 0.4) is 0 Å². The SMILES string of the molecule is CCC1C(=O)C=C(c2ccccc2)NC1c1ccccc1. The summed E-state index contributed by atoms with van der Waals surface area (Å²) in [6, 6.07) is 20.3. The number of allylic oxidation sites excluding steroid dienone is 1. The fourth-order valence-corrected chi connectivity index (χ4v) is 2.92. The van der Waals surface area contributed by atoms with Gasteiger partial charge in [0.15, 0.2) is 5.78 Å². The van der Waals surface area contributed by atoms with E-state index in [1.807, 2.05) is 48.5 Å². The molecule has 0 aromatic heterocycles. The van der Waals surface area contributed by atoms with E-state index in [1.54, 1.807) is 6.08 Å². The van der Waals surface area contributed by atoms with E-state index in [4.69, 9.17) is 0 Å². The van der Waals surface area contributed by atoms with Gasteiger partial charge >= 0.3 is 0 Å². The Hall–Kier alpha value is -2.35. The van der Waals surface area contributed by atoms with Gasteiger partial charge < -0.3 is 5.32 Å². The Bertz CT molecular complexity index is 646. The highest BCUT2D eigenvalue weighted by Gasteiger charge is 2.31. The van der Waals surface area contributed by atoms with Gasteiger partial charge in [-0.2, -0.15) is 0 Å². The summed E-state index contributed by atoms with van der Waals surface area (Å²) in [6.45, 7) is 2.07. The Kier molecular flexibility index (Phi) is 3.87. The number of rotatable bonds is 3. The number of carbonyl (C=O) groups excluding carboxylic acids is 1. The molecular formula is C19H19NO. The van der Waals surface area contributed by atoms with Crippen LogP contribution in [0.1, 0.15) is 30.5 Å². The van der Waals surface area contributed by atoms with Gasteiger partial charge in [-0.15, -0.1) is 0 Å². The lowest BCUT2D eigenvalue weighted by molar-refractivity contribution is -0.119. The maximum Gasteiger partial charge on any atom is 0.163 e. The number of hydrogen-bond donors (Lipinski definition) is 1. The number of ketones is 1. The van der Waals surface area contributed by atoms with Crippen LogP contribution in [0.15, 0.2) is 66.7 Å². The third-order valence-electron chi connectivity index (χ3n) is 4.05. The molecule has 3 rings (SSSR count). The number of benzene rings is 2. The zero-order valence-electron chi connectivity index (χ0n) is 12.1. The first-order valence-corrected chi connectivity index (χ1v) is 7.42. The van der Waals surface area contributed by atoms with E-state index >= 15 is 0 Å². The molecule has 2 nitrogen and oxygen atoms in total. The third-order valence-corrected chi connectivity index (χ3v) is 4.05. The fourth-order valence-electron chi connectivity index (χ4n) is 2.92. The molecule has 1 aliphatic heterocycles. The second-order valence-corrected chi connectivity index (χ2v) is 5.37. The predicted molar refractivity (Wildman–Crippen MR) is 85.5 cm³/mol. The van der Waals surface area contributed by atoms with Crippen LogP contribution in [0.2, 0.25) is 0 Å². The highest BCUT2D eigenvalue weighted by atomic mass is 16.1. The fraction of sp³-hybridized carbons (Fsp3) is 0.211. The highest BCUT2D eigenvalue weighted by molar-refractivity contribution is 6.00. The minimum Gasteiger partial charge on any atom is -0.377 e. The van der Waals surface area contributed by atoms with Gasteiger partial charge in [-0.3, -0.25) is 4.79 Å². The van der Waals surface area contributed by atoms with E-state index < -0.39 is 0 Å². The van der Waals surface area contributed by atoms with Gasteiger partial charge in [0.05, 0.1) is 6.04 Å². The van der Waals surface area contributed by atoms with E-state index in [1.165, 1.54) is 5.56 Å². The smallest absolute Gasteiger partial charge is 0.163 e. The molecule has 0 spiro atoms. The van der Waals surface area contributed by atoms with E-state index in [0.29, 0.717) is 0 Å². The maximum absolute atomic E-state index is 12.5. The summed E-state index contributed by atoms with van der Waals surface area (Å²) in [5.74, 6) is 0.212. The van der Waals surface area contributed by atoms with Gasteiger partial charge in [0, 0.05) is 17.7 Å². The molecule has 2 aromatic rings. The summed E-state index contributed by atoms with van der Waals surface area (Å²) in [5.41, 5.74) is 3.14. The van der Waals surface area contributed by atoms with Crippen LogP contribution >= 0.6 is 0 Å². The quantitative estimate of drug-likeness (QED) is 0.919. The van der Waals surface area contributed by atoms with Crippen LogP contribution < -0.4 is 5.32 Å². The van der Waals surface area contributed by atoms with Gasteiger partial charge in [0.1, 0.15) is 0 Å². The molecule has 0 amide bonds. The Morgan fingerprint density at radius 2 is 1.57 bits per heavy atom. The van der Waals surface area contributed by atoms with E-state index in [0.717, 1.165) is 17.7 Å². The van der Waals surface area contributed by atoms with Crippen LogP contribution in [0.4, 0.5) is 0 Å². The molecular weight excluding hydrogens is 258 g/mol. The second kappa shape index (κ2) is 5.96. The molecule has 0 fully saturated rings. The summed E-state index contributed by atoms with van der Waals surface area (Å²) >= 11 is 0. The summed E-state index contributed by atoms with van der Waals surface area (Å²) in [5, 5.41) is 3.56. The van der Waals surface area contributed by atoms with Crippen molar-refractivity contribution in [1.29, 1.82) is 0 Å². The minimum absolute atomic E-state index is 0.000128. The lowest BCUT2D eigenvalue weighted by atomic mass is 9.83. The molecule has 106 valence electrons. The first kappa shape index (κ1) is 13.6. The van der Waals surface area contributed by atoms with Crippen LogP contribution in [-0.2, 0) is 4.79 Å². The minimum atomic E-state index is -0.000128. The van der Waals surface area contributed by atoms with E-state index in [-0.39, 0.29) is 17.7 Å². The van der Waals surface area contributed by atoms with Gasteiger partial charge in [-0.1, -0.05) is 67.6 Å². The molecule has 2 aromatic carbocycles. The van der Waals surface area contributed by atoms with E-state index in [9.17, 15) is 4.79 Å². The van der Waals surface area contributed by atoms with Gasteiger partial charge in [-0.25, -0.2) is 0 Å². The standard InChI is InChI=1S/C19H19NO/c1-2-16-18(21)13-17(14-9-5-3-6-10-14)20-19(16)15-11-7-4-8-12-15/h3-13,16,19-20H,2H2,1H3.